The van der Waals surface area contributed by atoms with Crippen LogP contribution in [0.4, 0.5) is 5.69 Å². The van der Waals surface area contributed by atoms with Gasteiger partial charge >= 0.3 is 0 Å². The van der Waals surface area contributed by atoms with Crippen LogP contribution in [0.25, 0.3) is 0 Å². The van der Waals surface area contributed by atoms with Crippen molar-refractivity contribution in [1.82, 2.24) is 4.90 Å². The Bertz CT molecular complexity index is 418. The molecule has 1 aliphatic heterocycles. The lowest BCUT2D eigenvalue weighted by Crippen LogP contribution is -2.29. The van der Waals surface area contributed by atoms with Crippen LogP contribution in [0.5, 0.6) is 5.75 Å². The van der Waals surface area contributed by atoms with E-state index in [1.54, 1.807) is 0 Å². The third-order valence-corrected chi connectivity index (χ3v) is 3.31. The van der Waals surface area contributed by atoms with Gasteiger partial charge in [-0.3, -0.25) is 4.90 Å². The number of hydrogen-bond acceptors (Lipinski definition) is 4. The second kappa shape index (κ2) is 5.16. The summed E-state index contributed by atoms with van der Waals surface area (Å²) in [4.78, 5) is 2.23. The predicted octanol–water partition coefficient (Wildman–Crippen LogP) is 1.62. The van der Waals surface area contributed by atoms with Crippen molar-refractivity contribution in [1.29, 1.82) is 0 Å². The van der Waals surface area contributed by atoms with Crippen molar-refractivity contribution < 1.29 is 9.84 Å². The number of nitrogens with zero attached hydrogens (tertiary/aromatic N) is 1. The van der Waals surface area contributed by atoms with Gasteiger partial charge < -0.3 is 15.6 Å². The highest BCUT2D eigenvalue weighted by Crippen LogP contribution is 2.27. The van der Waals surface area contributed by atoms with Crippen molar-refractivity contribution in [3.05, 3.63) is 23.8 Å². The molecule has 1 saturated heterocycles. The molecule has 1 aromatic carbocycles. The van der Waals surface area contributed by atoms with Gasteiger partial charge in [0.05, 0.1) is 12.2 Å². The van der Waals surface area contributed by atoms with Crippen molar-refractivity contribution in [2.24, 2.45) is 0 Å². The number of hydrogen-bond donors (Lipinski definition) is 2. The maximum absolute atomic E-state index is 9.97. The molecule has 2 rings (SSSR count). The van der Waals surface area contributed by atoms with Gasteiger partial charge in [0.25, 0.3) is 0 Å². The zero-order valence-electron chi connectivity index (χ0n) is 11.1. The molecule has 0 amide bonds. The standard InChI is InChI=1S/C14H22N2O2/c1-3-18-13-5-4-12(15)8-11(13)9-16-7-6-14(2,17)10-16/h4-5,8,17H,3,6-7,9-10,15H2,1-2H3. The number of anilines is 1. The van der Waals surface area contributed by atoms with Gasteiger partial charge in [0, 0.05) is 30.9 Å². The molecule has 1 aromatic rings. The number of rotatable bonds is 4. The fourth-order valence-electron chi connectivity index (χ4n) is 2.43. The summed E-state index contributed by atoms with van der Waals surface area (Å²) < 4.78 is 5.61. The summed E-state index contributed by atoms with van der Waals surface area (Å²) in [5.41, 5.74) is 7.11. The Kier molecular flexibility index (Phi) is 3.78. The first-order chi connectivity index (χ1) is 8.50. The summed E-state index contributed by atoms with van der Waals surface area (Å²) >= 11 is 0. The number of nitrogens with two attached hydrogens (primary N) is 1. The minimum absolute atomic E-state index is 0.563. The van der Waals surface area contributed by atoms with Crippen molar-refractivity contribution in [2.75, 3.05) is 25.4 Å². The van der Waals surface area contributed by atoms with E-state index in [0.29, 0.717) is 13.2 Å². The molecule has 0 aliphatic carbocycles. The number of β-amino-alcohol motifs (C(OH)–C–C–N with tert-alkyl or cyclic N) is 1. The van der Waals surface area contributed by atoms with Gasteiger partial charge in [0.2, 0.25) is 0 Å². The van der Waals surface area contributed by atoms with Gasteiger partial charge in [-0.2, -0.15) is 0 Å². The smallest absolute Gasteiger partial charge is 0.123 e. The normalized spacial score (nSPS) is 24.4. The summed E-state index contributed by atoms with van der Waals surface area (Å²) in [6, 6.07) is 5.73. The van der Waals surface area contributed by atoms with Crippen LogP contribution in [0.1, 0.15) is 25.8 Å². The molecule has 0 radical (unpaired) electrons. The van der Waals surface area contributed by atoms with Crippen LogP contribution < -0.4 is 10.5 Å². The molecule has 0 saturated carbocycles. The summed E-state index contributed by atoms with van der Waals surface area (Å²) in [6.45, 7) is 6.89. The molecule has 0 aromatic heterocycles. The fourth-order valence-corrected chi connectivity index (χ4v) is 2.43. The highest BCUT2D eigenvalue weighted by molar-refractivity contribution is 5.47. The molecule has 100 valence electrons. The number of aliphatic hydroxyl groups is 1. The minimum atomic E-state index is -0.563. The third-order valence-electron chi connectivity index (χ3n) is 3.31. The lowest BCUT2D eigenvalue weighted by atomic mass is 10.1. The summed E-state index contributed by atoms with van der Waals surface area (Å²) in [7, 11) is 0. The molecular weight excluding hydrogens is 228 g/mol. The summed E-state index contributed by atoms with van der Waals surface area (Å²) in [5, 5.41) is 9.97. The first kappa shape index (κ1) is 13.2. The molecule has 1 aliphatic rings. The van der Waals surface area contributed by atoms with E-state index in [4.69, 9.17) is 10.5 Å². The molecule has 1 heterocycles. The van der Waals surface area contributed by atoms with Gasteiger partial charge in [0.1, 0.15) is 5.75 Å². The van der Waals surface area contributed by atoms with Crippen molar-refractivity contribution in [3.8, 4) is 5.75 Å². The Morgan fingerprint density at radius 3 is 2.89 bits per heavy atom. The van der Waals surface area contributed by atoms with E-state index in [9.17, 15) is 5.11 Å². The molecule has 0 bridgehead atoms. The van der Waals surface area contributed by atoms with Crippen LogP contribution in [0.15, 0.2) is 18.2 Å². The first-order valence-electron chi connectivity index (χ1n) is 6.46. The highest BCUT2D eigenvalue weighted by atomic mass is 16.5. The minimum Gasteiger partial charge on any atom is -0.494 e. The monoisotopic (exact) mass is 250 g/mol. The Labute approximate surface area is 108 Å². The number of nitrogen functional groups attached to an aromatic ring is 1. The maximum atomic E-state index is 9.97. The van der Waals surface area contributed by atoms with Gasteiger partial charge in [-0.15, -0.1) is 0 Å². The molecule has 4 nitrogen and oxygen atoms in total. The van der Waals surface area contributed by atoms with E-state index < -0.39 is 5.60 Å². The van der Waals surface area contributed by atoms with Gasteiger partial charge in [-0.25, -0.2) is 0 Å². The molecule has 1 unspecified atom stereocenters. The Morgan fingerprint density at radius 2 is 2.28 bits per heavy atom. The molecule has 4 heteroatoms. The highest BCUT2D eigenvalue weighted by Gasteiger charge is 2.31. The zero-order valence-corrected chi connectivity index (χ0v) is 11.1. The average molecular weight is 250 g/mol. The molecule has 1 fully saturated rings. The maximum Gasteiger partial charge on any atom is 0.123 e. The second-order valence-electron chi connectivity index (χ2n) is 5.26. The van der Waals surface area contributed by atoms with E-state index in [2.05, 4.69) is 4.90 Å². The molecule has 1 atom stereocenters. The largest absolute Gasteiger partial charge is 0.494 e. The Hall–Kier alpha value is -1.26. The van der Waals surface area contributed by atoms with Gasteiger partial charge in [-0.1, -0.05) is 0 Å². The molecular formula is C14H22N2O2. The van der Waals surface area contributed by atoms with Crippen LogP contribution in [0.3, 0.4) is 0 Å². The zero-order chi connectivity index (χ0) is 13.2. The lowest BCUT2D eigenvalue weighted by Gasteiger charge is -2.20. The quantitative estimate of drug-likeness (QED) is 0.797. The van der Waals surface area contributed by atoms with Crippen LogP contribution in [-0.4, -0.2) is 35.3 Å². The molecule has 0 spiro atoms. The van der Waals surface area contributed by atoms with Crippen LogP contribution in [0, 0.1) is 0 Å². The lowest BCUT2D eigenvalue weighted by molar-refractivity contribution is 0.0677. The Morgan fingerprint density at radius 1 is 1.50 bits per heavy atom. The first-order valence-corrected chi connectivity index (χ1v) is 6.46. The second-order valence-corrected chi connectivity index (χ2v) is 5.26. The van der Waals surface area contributed by atoms with Crippen molar-refractivity contribution in [3.63, 3.8) is 0 Å². The van der Waals surface area contributed by atoms with Crippen molar-refractivity contribution in [2.45, 2.75) is 32.4 Å². The van der Waals surface area contributed by atoms with Gasteiger partial charge in [-0.05, 0) is 38.5 Å². The van der Waals surface area contributed by atoms with Crippen LogP contribution >= 0.6 is 0 Å². The van der Waals surface area contributed by atoms with Crippen LogP contribution in [0.2, 0.25) is 0 Å². The number of likely N-dealkylation sites (tertiary alicyclic amines) is 1. The van der Waals surface area contributed by atoms with E-state index in [1.807, 2.05) is 32.0 Å². The Balaban J connectivity index is 2.10. The fraction of sp³-hybridized carbons (Fsp3) is 0.571. The van der Waals surface area contributed by atoms with E-state index in [1.165, 1.54) is 0 Å². The average Bonchev–Trinajstić information content (AvgIpc) is 2.62. The number of benzene rings is 1. The predicted molar refractivity (Wildman–Crippen MR) is 72.5 cm³/mol. The van der Waals surface area contributed by atoms with Crippen molar-refractivity contribution >= 4 is 5.69 Å². The summed E-state index contributed by atoms with van der Waals surface area (Å²) in [6.07, 6.45) is 0.819. The van der Waals surface area contributed by atoms with E-state index in [0.717, 1.165) is 36.5 Å². The van der Waals surface area contributed by atoms with Crippen LogP contribution in [-0.2, 0) is 6.54 Å². The van der Waals surface area contributed by atoms with E-state index >= 15 is 0 Å². The SMILES string of the molecule is CCOc1ccc(N)cc1CN1CCC(C)(O)C1. The number of ether oxygens (including phenoxy) is 1. The topological polar surface area (TPSA) is 58.7 Å². The molecule has 18 heavy (non-hydrogen) atoms. The third kappa shape index (κ3) is 3.15. The molecule has 3 N–H and O–H groups in total. The van der Waals surface area contributed by atoms with Gasteiger partial charge in [0.15, 0.2) is 0 Å². The summed E-state index contributed by atoms with van der Waals surface area (Å²) in [5.74, 6) is 0.887. The van der Waals surface area contributed by atoms with E-state index in [-0.39, 0.29) is 0 Å².